The van der Waals surface area contributed by atoms with Crippen molar-refractivity contribution in [2.75, 3.05) is 0 Å². The van der Waals surface area contributed by atoms with E-state index in [0.29, 0.717) is 0 Å². The summed E-state index contributed by atoms with van der Waals surface area (Å²) >= 11 is 0. The Morgan fingerprint density at radius 2 is 0.250 bits per heavy atom. The monoisotopic (exact) mass is 239 g/mol. The molecular formula is H25CaNO10. The molecule has 0 heterocycles. The molecule has 0 fully saturated rings. The van der Waals surface area contributed by atoms with Gasteiger partial charge in [-0.15, -0.1) is 0 Å². The number of rotatable bonds is 0. The fraction of sp³-hybridized carbons (Fsp3) is 0. The van der Waals surface area contributed by atoms with Gasteiger partial charge in [0, 0.05) is 0 Å². The maximum atomic E-state index is 0. The molecule has 0 aromatic carbocycles. The molecule has 0 aliphatic carbocycles. The molecule has 92 valence electrons. The van der Waals surface area contributed by atoms with Crippen LogP contribution in [-0.4, -0.2) is 92.5 Å². The van der Waals surface area contributed by atoms with Crippen LogP contribution in [0.2, 0.25) is 0 Å². The Morgan fingerprint density at radius 3 is 0.250 bits per heavy atom. The first kappa shape index (κ1) is 2670. The topological polar surface area (TPSA) is 350 Å². The van der Waals surface area contributed by atoms with Gasteiger partial charge < -0.3 is 60.9 Å². The van der Waals surface area contributed by atoms with Gasteiger partial charge in [0.1, 0.15) is 0 Å². The minimum atomic E-state index is 0. The predicted molar refractivity (Wildman–Crippen MR) is 49.7 cm³/mol. The van der Waals surface area contributed by atoms with E-state index in [1.54, 1.807) is 0 Å². The molecule has 0 unspecified atom stereocenters. The molecule has 0 aromatic rings. The van der Waals surface area contributed by atoms with Crippen LogP contribution in [-0.2, 0) is 0 Å². The molecule has 0 aliphatic heterocycles. The molecule has 0 saturated heterocycles. The average Bonchev–Trinajstić information content (AvgIpc) is 0. The summed E-state index contributed by atoms with van der Waals surface area (Å²) in [5.74, 6) is 0. The first-order valence-electron chi connectivity index (χ1n) is 0. The fourth-order valence-corrected chi connectivity index (χ4v) is 0. The van der Waals surface area contributed by atoms with E-state index < -0.39 is 0 Å². The molecule has 0 aromatic heterocycles. The zero-order valence-electron chi connectivity index (χ0n) is 5.71. The van der Waals surface area contributed by atoms with Crippen molar-refractivity contribution in [3.05, 3.63) is 0 Å². The Hall–Kier alpha value is 0.820. The first-order chi connectivity index (χ1) is 0. The molecule has 0 atom stereocenters. The second kappa shape index (κ2) is 2060. The molecule has 0 radical (unpaired) electrons. The van der Waals surface area contributed by atoms with Gasteiger partial charge in [0.2, 0.25) is 0 Å². The quantitative estimate of drug-likeness (QED) is 0.394. The van der Waals surface area contributed by atoms with Gasteiger partial charge >= 0.3 is 37.7 Å². The van der Waals surface area contributed by atoms with E-state index in [1.165, 1.54) is 0 Å². The summed E-state index contributed by atoms with van der Waals surface area (Å²) in [6.07, 6.45) is 0. The van der Waals surface area contributed by atoms with Gasteiger partial charge in [-0.05, 0) is 0 Å². The van der Waals surface area contributed by atoms with Gasteiger partial charge in [-0.2, -0.15) is 0 Å². The zero-order valence-corrected chi connectivity index (χ0v) is 5.71. The van der Waals surface area contributed by atoms with E-state index in [0.717, 1.165) is 0 Å². The Morgan fingerprint density at radius 1 is 0.250 bits per heavy atom. The van der Waals surface area contributed by atoms with Crippen LogP contribution in [0.15, 0.2) is 0 Å². The second-order valence-corrected chi connectivity index (χ2v) is 0. The Bertz CT molecular complexity index is 9.80. The van der Waals surface area contributed by atoms with Crippen molar-refractivity contribution < 1.29 is 54.8 Å². The van der Waals surface area contributed by atoms with E-state index in [1.807, 2.05) is 0 Å². The molecule has 0 rings (SSSR count). The van der Waals surface area contributed by atoms with Crippen molar-refractivity contribution in [2.45, 2.75) is 0 Å². The second-order valence-electron chi connectivity index (χ2n) is 0. The summed E-state index contributed by atoms with van der Waals surface area (Å²) in [5.41, 5.74) is 0. The molecule has 0 aliphatic rings. The summed E-state index contributed by atoms with van der Waals surface area (Å²) in [6, 6.07) is 0. The van der Waals surface area contributed by atoms with Crippen LogP contribution >= 0.6 is 0 Å². The van der Waals surface area contributed by atoms with Gasteiger partial charge in [-0.25, -0.2) is 0 Å². The fourth-order valence-electron chi connectivity index (χ4n) is 0. The Kier molecular flexibility index (Phi) is 457000. The zero-order chi connectivity index (χ0) is 0. The van der Waals surface area contributed by atoms with Crippen molar-refractivity contribution in [1.29, 1.82) is 0 Å². The van der Waals surface area contributed by atoms with Gasteiger partial charge in [0.25, 0.3) is 0 Å². The van der Waals surface area contributed by atoms with Crippen LogP contribution in [0, 0.1) is 0 Å². The van der Waals surface area contributed by atoms with Crippen LogP contribution in [0.5, 0.6) is 0 Å². The van der Waals surface area contributed by atoms with Gasteiger partial charge in [-0.3, -0.25) is 0 Å². The third kappa shape index (κ3) is 1550. The molecule has 12 heteroatoms. The summed E-state index contributed by atoms with van der Waals surface area (Å²) in [6.45, 7) is 0. The van der Waals surface area contributed by atoms with Crippen LogP contribution < -0.4 is 6.15 Å². The van der Waals surface area contributed by atoms with E-state index in [2.05, 4.69) is 0 Å². The standard InChI is InChI=1S/Ca.H3N.10H2O.2H/h;1H3;10*1H2;;. The summed E-state index contributed by atoms with van der Waals surface area (Å²) in [5, 5.41) is 0. The summed E-state index contributed by atoms with van der Waals surface area (Å²) in [7, 11) is 0. The Balaban J connectivity index is 0. The molecule has 0 spiro atoms. The molecule has 12 heavy (non-hydrogen) atoms. The molecule has 11 nitrogen and oxygen atoms in total. The third-order valence-corrected chi connectivity index (χ3v) is 0. The van der Waals surface area contributed by atoms with Crippen molar-refractivity contribution in [3.63, 3.8) is 0 Å². The van der Waals surface area contributed by atoms with Crippen LogP contribution in [0.4, 0.5) is 0 Å². The van der Waals surface area contributed by atoms with E-state index in [-0.39, 0.29) is 98.7 Å². The van der Waals surface area contributed by atoms with Crippen LogP contribution in [0.25, 0.3) is 0 Å². The van der Waals surface area contributed by atoms with Crippen molar-refractivity contribution >= 4 is 37.7 Å². The molecule has 0 saturated carbocycles. The van der Waals surface area contributed by atoms with Crippen molar-refractivity contribution in [3.8, 4) is 0 Å². The maximum absolute atomic E-state index is 0. The van der Waals surface area contributed by atoms with Crippen LogP contribution in [0.3, 0.4) is 0 Å². The normalized spacial score (nSPS) is 0. The molecular weight excluding hydrogens is 214 g/mol. The third-order valence-electron chi connectivity index (χ3n) is 0. The molecule has 23 N–H and O–H groups in total. The minimum absolute atomic E-state index is 0. The van der Waals surface area contributed by atoms with E-state index in [9.17, 15) is 0 Å². The molecule has 0 bridgehead atoms. The van der Waals surface area contributed by atoms with E-state index >= 15 is 0 Å². The van der Waals surface area contributed by atoms with E-state index in [4.69, 9.17) is 0 Å². The van der Waals surface area contributed by atoms with Gasteiger partial charge in [0.15, 0.2) is 0 Å². The summed E-state index contributed by atoms with van der Waals surface area (Å²) < 4.78 is 0. The number of hydrogen-bond acceptors (Lipinski definition) is 1. The van der Waals surface area contributed by atoms with Crippen molar-refractivity contribution in [2.24, 2.45) is 0 Å². The van der Waals surface area contributed by atoms with Crippen molar-refractivity contribution in [1.82, 2.24) is 6.15 Å². The predicted octanol–water partition coefficient (Wildman–Crippen LogP) is -9.00. The van der Waals surface area contributed by atoms with Gasteiger partial charge in [-0.1, -0.05) is 0 Å². The number of hydrogen-bond donors (Lipinski definition) is 1. The Labute approximate surface area is 98.4 Å². The molecule has 0 amide bonds. The van der Waals surface area contributed by atoms with Gasteiger partial charge in [0.05, 0.1) is 0 Å². The average molecular weight is 239 g/mol. The first-order valence-corrected chi connectivity index (χ1v) is 0. The van der Waals surface area contributed by atoms with Crippen LogP contribution in [0.1, 0.15) is 0 Å². The SMILES string of the molecule is N.O.O.O.O.O.O.O.O.O.O.[CaH2]. The summed E-state index contributed by atoms with van der Waals surface area (Å²) in [4.78, 5) is 0.